The highest BCUT2D eigenvalue weighted by atomic mass is 35.5. The quantitative estimate of drug-likeness (QED) is 0.159. The number of nitrogen functional groups attached to an aromatic ring is 1. The molecule has 3 N–H and O–H groups in total. The highest BCUT2D eigenvalue weighted by molar-refractivity contribution is 7.92. The second-order valence-corrected chi connectivity index (χ2v) is 13.7. The molecule has 0 saturated heterocycles. The second-order valence-electron chi connectivity index (χ2n) is 10.8. The summed E-state index contributed by atoms with van der Waals surface area (Å²) in [5.74, 6) is 0.600. The standard InChI is InChI=1S/C21H15Cl2F3N2O3S.C13H13ClN2O/c1-11-4-3-5-12(2)18(11)20(29)19-17(8-13(22)10-27-19)28-32(30,31)14-6-7-16(23)15(9-14)21(24,25)26;1-8-4-3-5-9(2)12(8)17-13-11(15)6-10(14)7-16-13/h3-10,28H,1-2H3;3-7H,15H2,1-2H3. The van der Waals surface area contributed by atoms with Gasteiger partial charge in [0.25, 0.3) is 10.0 Å². The molecule has 0 aliphatic rings. The number of aryl methyl sites for hydroxylation is 4. The number of aromatic nitrogens is 2. The number of hydrogen-bond donors (Lipinski definition) is 2. The molecule has 0 spiro atoms. The lowest BCUT2D eigenvalue weighted by molar-refractivity contribution is -0.137. The van der Waals surface area contributed by atoms with Crippen LogP contribution in [0.5, 0.6) is 11.6 Å². The predicted molar refractivity (Wildman–Crippen MR) is 186 cm³/mol. The molecule has 0 atom stereocenters. The normalized spacial score (nSPS) is 11.4. The molecule has 2 heterocycles. The van der Waals surface area contributed by atoms with Crippen molar-refractivity contribution >= 4 is 62.0 Å². The maximum Gasteiger partial charge on any atom is 0.417 e. The minimum absolute atomic E-state index is 0.0212. The zero-order valence-corrected chi connectivity index (χ0v) is 29.4. The zero-order valence-electron chi connectivity index (χ0n) is 26.3. The molecule has 5 aromatic rings. The van der Waals surface area contributed by atoms with Gasteiger partial charge >= 0.3 is 6.18 Å². The molecule has 0 aliphatic carbocycles. The van der Waals surface area contributed by atoms with Gasteiger partial charge in [-0.05, 0) is 80.3 Å². The largest absolute Gasteiger partial charge is 0.437 e. The number of hydrogen-bond acceptors (Lipinski definition) is 7. The van der Waals surface area contributed by atoms with E-state index in [4.69, 9.17) is 45.3 Å². The summed E-state index contributed by atoms with van der Waals surface area (Å²) < 4.78 is 73.0. The van der Waals surface area contributed by atoms with E-state index in [1.165, 1.54) is 12.4 Å². The van der Waals surface area contributed by atoms with Gasteiger partial charge in [-0.2, -0.15) is 13.2 Å². The fourth-order valence-corrected chi connectivity index (χ4v) is 6.30. The number of halogens is 6. The SMILES string of the molecule is Cc1cccc(C)c1C(=O)c1ncc(Cl)cc1NS(=O)(=O)c1ccc(Cl)c(C(F)(F)F)c1.Cc1cccc(C)c1Oc1ncc(Cl)cc1N. The average Bonchev–Trinajstić information content (AvgIpc) is 2.99. The first-order valence-electron chi connectivity index (χ1n) is 14.2. The summed E-state index contributed by atoms with van der Waals surface area (Å²) in [6.45, 7) is 7.39. The molecule has 5 rings (SSSR count). The van der Waals surface area contributed by atoms with Crippen LogP contribution in [-0.4, -0.2) is 24.2 Å². The molecular weight excluding hydrogens is 724 g/mol. The van der Waals surface area contributed by atoms with Crippen molar-refractivity contribution in [3.05, 3.63) is 133 Å². The van der Waals surface area contributed by atoms with E-state index in [0.717, 1.165) is 35.1 Å². The predicted octanol–water partition coefficient (Wildman–Crippen LogP) is 9.78. The van der Waals surface area contributed by atoms with Gasteiger partial charge in [0, 0.05) is 18.0 Å². The molecule has 8 nitrogen and oxygen atoms in total. The highest BCUT2D eigenvalue weighted by Crippen LogP contribution is 2.37. The maximum absolute atomic E-state index is 13.2. The number of carbonyl (C=O) groups is 1. The van der Waals surface area contributed by atoms with Crippen LogP contribution in [0.2, 0.25) is 15.1 Å². The highest BCUT2D eigenvalue weighted by Gasteiger charge is 2.35. The Labute approximate surface area is 296 Å². The minimum Gasteiger partial charge on any atom is -0.437 e. The molecule has 3 aromatic carbocycles. The Kier molecular flexibility index (Phi) is 11.5. The topological polar surface area (TPSA) is 124 Å². The molecule has 49 heavy (non-hydrogen) atoms. The Morgan fingerprint density at radius 3 is 1.94 bits per heavy atom. The number of nitrogens with one attached hydrogen (secondary N) is 1. The molecule has 0 unspecified atom stereocenters. The van der Waals surface area contributed by atoms with E-state index in [9.17, 15) is 26.4 Å². The summed E-state index contributed by atoms with van der Waals surface area (Å²) in [7, 11) is -4.55. The molecule has 0 bridgehead atoms. The number of nitrogens with two attached hydrogens (primary N) is 1. The summed E-state index contributed by atoms with van der Waals surface area (Å²) in [6.07, 6.45) is -2.17. The monoisotopic (exact) mass is 750 g/mol. The molecule has 2 aromatic heterocycles. The van der Waals surface area contributed by atoms with Crippen molar-refractivity contribution in [1.82, 2.24) is 9.97 Å². The van der Waals surface area contributed by atoms with Crippen LogP contribution in [0.25, 0.3) is 0 Å². The first kappa shape index (κ1) is 37.5. The summed E-state index contributed by atoms with van der Waals surface area (Å²) in [5.41, 5.74) is 8.11. The van der Waals surface area contributed by atoms with E-state index in [-0.39, 0.29) is 16.4 Å². The number of alkyl halides is 3. The van der Waals surface area contributed by atoms with E-state index in [1.807, 2.05) is 32.0 Å². The Hall–Kier alpha value is -4.36. The first-order chi connectivity index (χ1) is 22.9. The lowest BCUT2D eigenvalue weighted by Crippen LogP contribution is -2.18. The Bertz CT molecular complexity index is 2120. The van der Waals surface area contributed by atoms with Gasteiger partial charge in [-0.15, -0.1) is 0 Å². The Morgan fingerprint density at radius 2 is 1.37 bits per heavy atom. The molecule has 0 aliphatic heterocycles. The van der Waals surface area contributed by atoms with Crippen molar-refractivity contribution in [2.75, 3.05) is 10.5 Å². The number of nitrogens with zero attached hydrogens (tertiary/aromatic N) is 2. The maximum atomic E-state index is 13.2. The average molecular weight is 752 g/mol. The van der Waals surface area contributed by atoms with Gasteiger partial charge in [0.1, 0.15) is 11.4 Å². The number of benzene rings is 3. The van der Waals surface area contributed by atoms with Gasteiger partial charge in [-0.1, -0.05) is 71.2 Å². The van der Waals surface area contributed by atoms with Crippen molar-refractivity contribution in [2.45, 2.75) is 38.8 Å². The lowest BCUT2D eigenvalue weighted by atomic mass is 9.97. The first-order valence-corrected chi connectivity index (χ1v) is 16.8. The smallest absolute Gasteiger partial charge is 0.417 e. The van der Waals surface area contributed by atoms with Crippen LogP contribution >= 0.6 is 34.8 Å². The number of carbonyl (C=O) groups excluding carboxylic acids is 1. The van der Waals surface area contributed by atoms with Crippen molar-refractivity contribution < 1.29 is 31.1 Å². The molecule has 256 valence electrons. The summed E-state index contributed by atoms with van der Waals surface area (Å²) in [5, 5.41) is -0.129. The number of ketones is 1. The summed E-state index contributed by atoms with van der Waals surface area (Å²) >= 11 is 17.3. The van der Waals surface area contributed by atoms with E-state index in [1.54, 1.807) is 38.1 Å². The van der Waals surface area contributed by atoms with Crippen LogP contribution in [0.1, 0.15) is 43.9 Å². The van der Waals surface area contributed by atoms with E-state index < -0.39 is 37.5 Å². The van der Waals surface area contributed by atoms with Crippen LogP contribution in [0.3, 0.4) is 0 Å². The molecule has 0 amide bonds. The van der Waals surface area contributed by atoms with Crippen LogP contribution in [0.4, 0.5) is 24.5 Å². The number of rotatable bonds is 7. The van der Waals surface area contributed by atoms with E-state index in [2.05, 4.69) is 14.7 Å². The van der Waals surface area contributed by atoms with Crippen LogP contribution in [0.15, 0.2) is 84.0 Å². The summed E-state index contributed by atoms with van der Waals surface area (Å²) in [4.78, 5) is 20.5. The van der Waals surface area contributed by atoms with Crippen molar-refractivity contribution in [1.29, 1.82) is 0 Å². The van der Waals surface area contributed by atoms with Gasteiger partial charge in [0.2, 0.25) is 11.7 Å². The van der Waals surface area contributed by atoms with Crippen LogP contribution < -0.4 is 15.2 Å². The van der Waals surface area contributed by atoms with Gasteiger partial charge in [-0.3, -0.25) is 9.52 Å². The Morgan fingerprint density at radius 1 is 0.816 bits per heavy atom. The summed E-state index contributed by atoms with van der Waals surface area (Å²) in [6, 6.07) is 16.1. The third-order valence-corrected chi connectivity index (χ3v) is 9.13. The Balaban J connectivity index is 0.000000266. The number of para-hydroxylation sites is 1. The fraction of sp³-hybridized carbons (Fsp3) is 0.147. The van der Waals surface area contributed by atoms with E-state index >= 15 is 0 Å². The fourth-order valence-electron chi connectivity index (χ4n) is 4.67. The molecule has 15 heteroatoms. The second kappa shape index (κ2) is 15.0. The van der Waals surface area contributed by atoms with Crippen molar-refractivity contribution in [3.63, 3.8) is 0 Å². The van der Waals surface area contributed by atoms with Crippen molar-refractivity contribution in [2.24, 2.45) is 0 Å². The van der Waals surface area contributed by atoms with E-state index in [0.29, 0.717) is 39.3 Å². The number of ether oxygens (including phenoxy) is 1. The number of anilines is 2. The van der Waals surface area contributed by atoms with Gasteiger partial charge in [-0.25, -0.2) is 18.4 Å². The van der Waals surface area contributed by atoms with Crippen LogP contribution in [0, 0.1) is 27.7 Å². The zero-order chi connectivity index (χ0) is 36.3. The van der Waals surface area contributed by atoms with Crippen molar-refractivity contribution in [3.8, 4) is 11.6 Å². The number of sulfonamides is 1. The van der Waals surface area contributed by atoms with Gasteiger partial charge in [0.15, 0.2) is 0 Å². The molecular formula is C34H28Cl3F3N4O4S. The lowest BCUT2D eigenvalue weighted by Gasteiger charge is -2.15. The van der Waals surface area contributed by atoms with Crippen LogP contribution in [-0.2, 0) is 16.2 Å². The molecule has 0 fully saturated rings. The molecule has 0 radical (unpaired) electrons. The van der Waals surface area contributed by atoms with Gasteiger partial charge in [0.05, 0.1) is 36.9 Å². The molecule has 0 saturated carbocycles. The minimum atomic E-state index is -4.86. The number of pyridine rings is 2. The third kappa shape index (κ3) is 9.01. The third-order valence-electron chi connectivity index (χ3n) is 7.03. The van der Waals surface area contributed by atoms with Gasteiger partial charge < -0.3 is 10.5 Å².